The molecule has 0 atom stereocenters. The number of rotatable bonds is 1. The Labute approximate surface area is 106 Å². The molecule has 1 aromatic heterocycles. The van der Waals surface area contributed by atoms with Crippen LogP contribution in [0.1, 0.15) is 11.1 Å². The van der Waals surface area contributed by atoms with Gasteiger partial charge in [0.25, 0.3) is 0 Å². The molecule has 0 aliphatic heterocycles. The Balaban J connectivity index is 2.74. The van der Waals surface area contributed by atoms with E-state index in [1.165, 1.54) is 25.1 Å². The van der Waals surface area contributed by atoms with E-state index in [4.69, 9.17) is 5.73 Å². The molecule has 0 aliphatic carbocycles. The van der Waals surface area contributed by atoms with Crippen LogP contribution in [-0.4, -0.2) is 4.98 Å². The van der Waals surface area contributed by atoms with Gasteiger partial charge in [-0.2, -0.15) is 13.2 Å². The number of nitrogen functional groups attached to an aromatic ring is 1. The number of nitrogens with zero attached hydrogens (tertiary/aromatic N) is 1. The van der Waals surface area contributed by atoms with Gasteiger partial charge in [-0.3, -0.25) is 0 Å². The fourth-order valence-corrected chi connectivity index (χ4v) is 1.77. The molecule has 19 heavy (non-hydrogen) atoms. The van der Waals surface area contributed by atoms with Crippen molar-refractivity contribution in [1.82, 2.24) is 4.98 Å². The van der Waals surface area contributed by atoms with Gasteiger partial charge in [-0.1, -0.05) is 12.1 Å². The smallest absolute Gasteiger partial charge is 0.384 e. The Morgan fingerprint density at radius 3 is 2.42 bits per heavy atom. The third-order valence-electron chi connectivity index (χ3n) is 2.74. The molecule has 2 N–H and O–H groups in total. The summed E-state index contributed by atoms with van der Waals surface area (Å²) in [5.74, 6) is -0.637. The number of anilines is 1. The number of halogens is 4. The SMILES string of the molecule is Cc1c(F)cccc1-c1nc(N)ccc1C(F)(F)F. The summed E-state index contributed by atoms with van der Waals surface area (Å²) in [6.07, 6.45) is -4.57. The lowest BCUT2D eigenvalue weighted by atomic mass is 10.0. The van der Waals surface area contributed by atoms with Gasteiger partial charge in [0.05, 0.1) is 11.3 Å². The monoisotopic (exact) mass is 270 g/mol. The first kappa shape index (κ1) is 13.3. The lowest BCUT2D eigenvalue weighted by molar-refractivity contribution is -0.137. The molecule has 0 amide bonds. The summed E-state index contributed by atoms with van der Waals surface area (Å²) >= 11 is 0. The van der Waals surface area contributed by atoms with E-state index in [2.05, 4.69) is 4.98 Å². The number of alkyl halides is 3. The molecule has 0 saturated heterocycles. The van der Waals surface area contributed by atoms with E-state index >= 15 is 0 Å². The standard InChI is InChI=1S/C13H10F4N2/c1-7-8(3-2-4-10(7)14)12-9(13(15,16)17)5-6-11(18)19-12/h2-6H,1H3,(H2,18,19). The summed E-state index contributed by atoms with van der Waals surface area (Å²) < 4.78 is 52.2. The van der Waals surface area contributed by atoms with E-state index in [-0.39, 0.29) is 22.6 Å². The molecule has 0 aliphatic rings. The van der Waals surface area contributed by atoms with Crippen molar-refractivity contribution in [3.05, 3.63) is 47.3 Å². The van der Waals surface area contributed by atoms with E-state index in [9.17, 15) is 17.6 Å². The van der Waals surface area contributed by atoms with Crippen LogP contribution in [0, 0.1) is 12.7 Å². The minimum absolute atomic E-state index is 0.0494. The molecule has 2 nitrogen and oxygen atoms in total. The van der Waals surface area contributed by atoms with Crippen LogP contribution < -0.4 is 5.73 Å². The van der Waals surface area contributed by atoms with Crippen LogP contribution in [-0.2, 0) is 6.18 Å². The van der Waals surface area contributed by atoms with Crippen molar-refractivity contribution in [2.45, 2.75) is 13.1 Å². The fourth-order valence-electron chi connectivity index (χ4n) is 1.77. The number of hydrogen-bond acceptors (Lipinski definition) is 2. The zero-order chi connectivity index (χ0) is 14.2. The average Bonchev–Trinajstić information content (AvgIpc) is 2.31. The van der Waals surface area contributed by atoms with Gasteiger partial charge in [0.2, 0.25) is 0 Å². The summed E-state index contributed by atoms with van der Waals surface area (Å²) in [7, 11) is 0. The van der Waals surface area contributed by atoms with E-state index in [1.54, 1.807) is 0 Å². The van der Waals surface area contributed by atoms with Gasteiger partial charge in [-0.05, 0) is 30.7 Å². The molecule has 6 heteroatoms. The third-order valence-corrected chi connectivity index (χ3v) is 2.74. The minimum Gasteiger partial charge on any atom is -0.384 e. The van der Waals surface area contributed by atoms with Gasteiger partial charge in [0, 0.05) is 5.56 Å². The predicted molar refractivity (Wildman–Crippen MR) is 63.8 cm³/mol. The largest absolute Gasteiger partial charge is 0.418 e. The molecule has 1 aromatic carbocycles. The van der Waals surface area contributed by atoms with Crippen LogP contribution in [0.2, 0.25) is 0 Å². The Morgan fingerprint density at radius 1 is 1.11 bits per heavy atom. The number of nitrogens with two attached hydrogens (primary N) is 1. The average molecular weight is 270 g/mol. The summed E-state index contributed by atoms with van der Waals surface area (Å²) in [4.78, 5) is 3.70. The highest BCUT2D eigenvalue weighted by atomic mass is 19.4. The van der Waals surface area contributed by atoms with Crippen molar-refractivity contribution < 1.29 is 17.6 Å². The van der Waals surface area contributed by atoms with Crippen molar-refractivity contribution in [2.24, 2.45) is 0 Å². The molecular weight excluding hydrogens is 260 g/mol. The zero-order valence-corrected chi connectivity index (χ0v) is 9.92. The maximum atomic E-state index is 13.5. The zero-order valence-electron chi connectivity index (χ0n) is 9.92. The van der Waals surface area contributed by atoms with Gasteiger partial charge in [-0.15, -0.1) is 0 Å². The molecule has 0 bridgehead atoms. The number of pyridine rings is 1. The molecule has 2 aromatic rings. The second-order valence-electron chi connectivity index (χ2n) is 4.04. The Kier molecular flexibility index (Phi) is 3.18. The molecule has 1 heterocycles. The summed E-state index contributed by atoms with van der Waals surface area (Å²) in [5, 5.41) is 0. The molecular formula is C13H10F4N2. The molecule has 100 valence electrons. The van der Waals surface area contributed by atoms with Gasteiger partial charge < -0.3 is 5.73 Å². The topological polar surface area (TPSA) is 38.9 Å². The predicted octanol–water partition coefficient (Wildman–Crippen LogP) is 3.80. The quantitative estimate of drug-likeness (QED) is 0.800. The Bertz CT molecular complexity index is 621. The third kappa shape index (κ3) is 2.52. The van der Waals surface area contributed by atoms with Crippen LogP contribution in [0.15, 0.2) is 30.3 Å². The lowest BCUT2D eigenvalue weighted by Crippen LogP contribution is -2.10. The first-order chi connectivity index (χ1) is 8.80. The van der Waals surface area contributed by atoms with Crippen molar-refractivity contribution in [3.8, 4) is 11.3 Å². The van der Waals surface area contributed by atoms with Crippen molar-refractivity contribution >= 4 is 5.82 Å². The highest BCUT2D eigenvalue weighted by Gasteiger charge is 2.35. The summed E-state index contributed by atoms with van der Waals surface area (Å²) in [5.41, 5.74) is 4.32. The van der Waals surface area contributed by atoms with E-state index in [1.807, 2.05) is 0 Å². The number of hydrogen-bond donors (Lipinski definition) is 1. The Hall–Kier alpha value is -2.11. The molecule has 2 rings (SSSR count). The minimum atomic E-state index is -4.57. The van der Waals surface area contributed by atoms with Gasteiger partial charge in [0.1, 0.15) is 11.6 Å². The number of aromatic nitrogens is 1. The highest BCUT2D eigenvalue weighted by Crippen LogP contribution is 2.37. The van der Waals surface area contributed by atoms with E-state index in [0.717, 1.165) is 12.1 Å². The highest BCUT2D eigenvalue weighted by molar-refractivity contribution is 5.69. The summed E-state index contributed by atoms with van der Waals surface area (Å²) in [6, 6.07) is 5.82. The Morgan fingerprint density at radius 2 is 1.79 bits per heavy atom. The lowest BCUT2D eigenvalue weighted by Gasteiger charge is -2.14. The molecule has 0 unspecified atom stereocenters. The maximum absolute atomic E-state index is 13.5. The second-order valence-corrected chi connectivity index (χ2v) is 4.04. The normalized spacial score (nSPS) is 11.6. The summed E-state index contributed by atoms with van der Waals surface area (Å²) in [6.45, 7) is 1.40. The van der Waals surface area contributed by atoms with Crippen molar-refractivity contribution in [1.29, 1.82) is 0 Å². The van der Waals surface area contributed by atoms with Crippen LogP contribution in [0.3, 0.4) is 0 Å². The van der Waals surface area contributed by atoms with E-state index in [0.29, 0.717) is 0 Å². The van der Waals surface area contributed by atoms with Crippen molar-refractivity contribution in [3.63, 3.8) is 0 Å². The second kappa shape index (κ2) is 4.53. The van der Waals surface area contributed by atoms with Gasteiger partial charge >= 0.3 is 6.18 Å². The van der Waals surface area contributed by atoms with Crippen LogP contribution in [0.25, 0.3) is 11.3 Å². The molecule has 0 radical (unpaired) electrons. The molecule has 0 saturated carbocycles. The number of benzene rings is 1. The molecule has 0 spiro atoms. The van der Waals surface area contributed by atoms with Crippen LogP contribution >= 0.6 is 0 Å². The van der Waals surface area contributed by atoms with Crippen LogP contribution in [0.5, 0.6) is 0 Å². The fraction of sp³-hybridized carbons (Fsp3) is 0.154. The van der Waals surface area contributed by atoms with Crippen molar-refractivity contribution in [2.75, 3.05) is 5.73 Å². The maximum Gasteiger partial charge on any atom is 0.418 e. The first-order valence-corrected chi connectivity index (χ1v) is 5.40. The first-order valence-electron chi connectivity index (χ1n) is 5.40. The van der Waals surface area contributed by atoms with Crippen LogP contribution in [0.4, 0.5) is 23.4 Å². The molecule has 0 fully saturated rings. The van der Waals surface area contributed by atoms with Gasteiger partial charge in [0.15, 0.2) is 0 Å². The van der Waals surface area contributed by atoms with E-state index < -0.39 is 17.6 Å². The van der Waals surface area contributed by atoms with Gasteiger partial charge in [-0.25, -0.2) is 9.37 Å².